The molecule has 0 aliphatic carbocycles. The largest absolute Gasteiger partial charge is 0.397 e. The van der Waals surface area contributed by atoms with E-state index < -0.39 is 0 Å². The number of carbonyl (C=O) groups excluding carboxylic acids is 1. The molecule has 0 aliphatic heterocycles. The molecule has 4 N–H and O–H groups in total. The van der Waals surface area contributed by atoms with Gasteiger partial charge in [0.25, 0.3) is 0 Å². The molecule has 5 nitrogen and oxygen atoms in total. The minimum absolute atomic E-state index is 0.0116. The summed E-state index contributed by atoms with van der Waals surface area (Å²) in [5, 5.41) is 12.1. The fourth-order valence-electron chi connectivity index (χ4n) is 1.34. The number of nitrogens with zero attached hydrogens (tertiary/aromatic N) is 1. The van der Waals surface area contributed by atoms with Crippen LogP contribution < -0.4 is 11.1 Å². The first-order chi connectivity index (χ1) is 8.43. The average Bonchev–Trinajstić information content (AvgIpc) is 2.32. The highest BCUT2D eigenvalue weighted by molar-refractivity contribution is 6.33. The normalized spacial score (nSPS) is 12.5. The molecule has 0 saturated carbocycles. The Morgan fingerprint density at radius 2 is 2.28 bits per heavy atom. The Kier molecular flexibility index (Phi) is 5.40. The SMILES string of the molecule is CC(CO)N(C)CC(=O)Nc1ccc(Cl)c(N)c1. The number of carbonyl (C=O) groups is 1. The van der Waals surface area contributed by atoms with Gasteiger partial charge >= 0.3 is 0 Å². The number of nitrogens with one attached hydrogen (secondary N) is 1. The third-order valence-electron chi connectivity index (χ3n) is 2.69. The van der Waals surface area contributed by atoms with Gasteiger partial charge in [-0.05, 0) is 32.2 Å². The minimum atomic E-state index is -0.167. The number of nitrogens with two attached hydrogens (primary N) is 1. The van der Waals surface area contributed by atoms with Crippen molar-refractivity contribution >= 4 is 28.9 Å². The highest BCUT2D eigenvalue weighted by Crippen LogP contribution is 2.22. The Hall–Kier alpha value is -1.30. The van der Waals surface area contributed by atoms with Crippen molar-refractivity contribution in [1.29, 1.82) is 0 Å². The van der Waals surface area contributed by atoms with Crippen molar-refractivity contribution in [1.82, 2.24) is 4.90 Å². The number of aliphatic hydroxyl groups excluding tert-OH is 1. The molecule has 1 aromatic rings. The lowest BCUT2D eigenvalue weighted by Gasteiger charge is -2.22. The third-order valence-corrected chi connectivity index (χ3v) is 3.03. The number of anilines is 2. The van der Waals surface area contributed by atoms with Crippen molar-refractivity contribution in [3.05, 3.63) is 23.2 Å². The molecule has 0 radical (unpaired) electrons. The molecule has 1 unspecified atom stereocenters. The summed E-state index contributed by atoms with van der Waals surface area (Å²) in [4.78, 5) is 13.5. The lowest BCUT2D eigenvalue weighted by atomic mass is 10.2. The second kappa shape index (κ2) is 6.58. The van der Waals surface area contributed by atoms with E-state index in [1.54, 1.807) is 30.1 Å². The van der Waals surface area contributed by atoms with Crippen LogP contribution in [0.15, 0.2) is 18.2 Å². The number of hydrogen-bond donors (Lipinski definition) is 3. The van der Waals surface area contributed by atoms with Crippen LogP contribution in [0.5, 0.6) is 0 Å². The van der Waals surface area contributed by atoms with Crippen molar-refractivity contribution in [2.24, 2.45) is 0 Å². The van der Waals surface area contributed by atoms with Crippen molar-refractivity contribution in [3.63, 3.8) is 0 Å². The van der Waals surface area contributed by atoms with Crippen LogP contribution in [-0.4, -0.2) is 42.2 Å². The quantitative estimate of drug-likeness (QED) is 0.703. The molecular formula is C12H18ClN3O2. The van der Waals surface area contributed by atoms with Crippen molar-refractivity contribution in [2.75, 3.05) is 31.2 Å². The summed E-state index contributed by atoms with van der Waals surface area (Å²) in [7, 11) is 1.77. The summed E-state index contributed by atoms with van der Waals surface area (Å²) in [5.41, 5.74) is 6.67. The average molecular weight is 272 g/mol. The van der Waals surface area contributed by atoms with E-state index in [0.717, 1.165) is 0 Å². The van der Waals surface area contributed by atoms with E-state index in [9.17, 15) is 4.79 Å². The van der Waals surface area contributed by atoms with Crippen molar-refractivity contribution in [3.8, 4) is 0 Å². The van der Waals surface area contributed by atoms with E-state index in [0.29, 0.717) is 16.4 Å². The fraction of sp³-hybridized carbons (Fsp3) is 0.417. The van der Waals surface area contributed by atoms with E-state index in [2.05, 4.69) is 5.32 Å². The maximum atomic E-state index is 11.7. The predicted octanol–water partition coefficient (Wildman–Crippen LogP) is 1.17. The number of hydrogen-bond acceptors (Lipinski definition) is 4. The van der Waals surface area contributed by atoms with Gasteiger partial charge in [-0.1, -0.05) is 11.6 Å². The number of aliphatic hydroxyl groups is 1. The molecule has 18 heavy (non-hydrogen) atoms. The highest BCUT2D eigenvalue weighted by Gasteiger charge is 2.12. The van der Waals surface area contributed by atoms with Gasteiger partial charge < -0.3 is 16.2 Å². The Morgan fingerprint density at radius 1 is 1.61 bits per heavy atom. The van der Waals surface area contributed by atoms with Crippen molar-refractivity contribution in [2.45, 2.75) is 13.0 Å². The lowest BCUT2D eigenvalue weighted by molar-refractivity contribution is -0.117. The van der Waals surface area contributed by atoms with Gasteiger partial charge in [0.1, 0.15) is 0 Å². The van der Waals surface area contributed by atoms with Crippen LogP contribution in [-0.2, 0) is 4.79 Å². The number of halogens is 1. The van der Waals surface area contributed by atoms with Crippen LogP contribution in [0.25, 0.3) is 0 Å². The summed E-state index contributed by atoms with van der Waals surface area (Å²) < 4.78 is 0. The predicted molar refractivity (Wildman–Crippen MR) is 73.7 cm³/mol. The smallest absolute Gasteiger partial charge is 0.238 e. The van der Waals surface area contributed by atoms with Crippen LogP contribution in [0.3, 0.4) is 0 Å². The van der Waals surface area contributed by atoms with Gasteiger partial charge in [-0.3, -0.25) is 9.69 Å². The zero-order valence-electron chi connectivity index (χ0n) is 10.5. The molecule has 0 aliphatic rings. The van der Waals surface area contributed by atoms with Gasteiger partial charge in [-0.25, -0.2) is 0 Å². The van der Waals surface area contributed by atoms with Crippen LogP contribution >= 0.6 is 11.6 Å². The van der Waals surface area contributed by atoms with Crippen LogP contribution in [0.2, 0.25) is 5.02 Å². The molecule has 1 aromatic carbocycles. The third kappa shape index (κ3) is 4.18. The van der Waals surface area contributed by atoms with E-state index in [1.165, 1.54) is 0 Å². The maximum Gasteiger partial charge on any atom is 0.238 e. The molecule has 1 amide bonds. The topological polar surface area (TPSA) is 78.6 Å². The molecule has 6 heteroatoms. The number of benzene rings is 1. The molecule has 0 aromatic heterocycles. The number of rotatable bonds is 5. The standard InChI is InChI=1S/C12H18ClN3O2/c1-8(7-17)16(2)6-12(18)15-9-3-4-10(13)11(14)5-9/h3-5,8,17H,6-7,14H2,1-2H3,(H,15,18). The Labute approximate surface area is 112 Å². The summed E-state index contributed by atoms with van der Waals surface area (Å²) >= 11 is 5.79. The van der Waals surface area contributed by atoms with Crippen LogP contribution in [0.4, 0.5) is 11.4 Å². The number of nitrogen functional groups attached to an aromatic ring is 1. The first-order valence-corrected chi connectivity index (χ1v) is 5.97. The first kappa shape index (κ1) is 14.8. The molecule has 1 rings (SSSR count). The van der Waals surface area contributed by atoms with E-state index in [1.807, 2.05) is 6.92 Å². The van der Waals surface area contributed by atoms with E-state index in [-0.39, 0.29) is 25.1 Å². The number of amides is 1. The van der Waals surface area contributed by atoms with Gasteiger partial charge in [0, 0.05) is 11.7 Å². The van der Waals surface area contributed by atoms with E-state index >= 15 is 0 Å². The summed E-state index contributed by atoms with van der Waals surface area (Å²) in [6.07, 6.45) is 0. The zero-order chi connectivity index (χ0) is 13.7. The second-order valence-electron chi connectivity index (χ2n) is 4.23. The van der Waals surface area contributed by atoms with Crippen LogP contribution in [0, 0.1) is 0 Å². The maximum absolute atomic E-state index is 11.7. The summed E-state index contributed by atoms with van der Waals surface area (Å²) in [5.74, 6) is -0.167. The molecule has 0 bridgehead atoms. The Balaban J connectivity index is 2.57. The molecule has 1 atom stereocenters. The lowest BCUT2D eigenvalue weighted by Crippen LogP contribution is -2.38. The van der Waals surface area contributed by atoms with Crippen molar-refractivity contribution < 1.29 is 9.90 Å². The fourth-order valence-corrected chi connectivity index (χ4v) is 1.46. The Bertz CT molecular complexity index is 426. The van der Waals surface area contributed by atoms with E-state index in [4.69, 9.17) is 22.4 Å². The minimum Gasteiger partial charge on any atom is -0.397 e. The van der Waals surface area contributed by atoms with Gasteiger partial charge in [0.05, 0.1) is 23.9 Å². The first-order valence-electron chi connectivity index (χ1n) is 5.60. The molecular weight excluding hydrogens is 254 g/mol. The molecule has 0 heterocycles. The van der Waals surface area contributed by atoms with Gasteiger partial charge in [-0.15, -0.1) is 0 Å². The summed E-state index contributed by atoms with van der Waals surface area (Å²) in [6.45, 7) is 2.05. The second-order valence-corrected chi connectivity index (χ2v) is 4.64. The summed E-state index contributed by atoms with van der Waals surface area (Å²) in [6, 6.07) is 4.86. The molecule has 0 spiro atoms. The van der Waals surface area contributed by atoms with Crippen LogP contribution in [0.1, 0.15) is 6.92 Å². The van der Waals surface area contributed by atoms with Gasteiger partial charge in [-0.2, -0.15) is 0 Å². The molecule has 100 valence electrons. The van der Waals surface area contributed by atoms with Gasteiger partial charge in [0.2, 0.25) is 5.91 Å². The molecule has 0 saturated heterocycles. The van der Waals surface area contributed by atoms with Gasteiger partial charge in [0.15, 0.2) is 0 Å². The molecule has 0 fully saturated rings. The Morgan fingerprint density at radius 3 is 2.83 bits per heavy atom. The number of likely N-dealkylation sites (N-methyl/N-ethyl adjacent to an activating group) is 1. The zero-order valence-corrected chi connectivity index (χ0v) is 11.2. The highest BCUT2D eigenvalue weighted by atomic mass is 35.5. The monoisotopic (exact) mass is 271 g/mol.